The van der Waals surface area contributed by atoms with E-state index in [1.165, 1.54) is 0 Å². The number of nitrogens with zero attached hydrogens (tertiary/aromatic N) is 3. The molecule has 0 unspecified atom stereocenters. The van der Waals surface area contributed by atoms with Crippen molar-refractivity contribution in [3.8, 4) is 0 Å². The van der Waals surface area contributed by atoms with E-state index in [2.05, 4.69) is 73.4 Å². The van der Waals surface area contributed by atoms with Crippen LogP contribution in [0.5, 0.6) is 0 Å². The van der Waals surface area contributed by atoms with E-state index in [1.54, 1.807) is 0 Å². The van der Waals surface area contributed by atoms with Crippen LogP contribution in [0.4, 0.5) is 17.6 Å². The maximum atomic E-state index is 4.73. The van der Waals surface area contributed by atoms with Crippen molar-refractivity contribution in [1.29, 1.82) is 0 Å². The van der Waals surface area contributed by atoms with Crippen molar-refractivity contribution in [2.45, 2.75) is 47.1 Å². The van der Waals surface area contributed by atoms with Gasteiger partial charge in [-0.3, -0.25) is 0 Å². The quantitative estimate of drug-likeness (QED) is 0.792. The molecule has 1 aromatic heterocycles. The Morgan fingerprint density at radius 3 is 2.30 bits per heavy atom. The van der Waals surface area contributed by atoms with Crippen LogP contribution in [0.25, 0.3) is 0 Å². The largest absolute Gasteiger partial charge is 0.365 e. The van der Waals surface area contributed by atoms with Crippen molar-refractivity contribution < 1.29 is 0 Å². The van der Waals surface area contributed by atoms with Crippen molar-refractivity contribution in [2.75, 3.05) is 48.3 Å². The average Bonchev–Trinajstić information content (AvgIpc) is 2.43. The van der Waals surface area contributed by atoms with Crippen molar-refractivity contribution in [3.63, 3.8) is 0 Å². The van der Waals surface area contributed by atoms with Crippen LogP contribution in [-0.2, 0) is 0 Å². The molecule has 0 bridgehead atoms. The molecule has 0 aliphatic carbocycles. The fourth-order valence-corrected chi connectivity index (χ4v) is 2.36. The van der Waals surface area contributed by atoms with Crippen LogP contribution < -0.4 is 20.9 Å². The average molecular weight is 320 g/mol. The number of rotatable bonds is 4. The van der Waals surface area contributed by atoms with Gasteiger partial charge in [-0.1, -0.05) is 20.8 Å². The van der Waals surface area contributed by atoms with Gasteiger partial charge in [0.05, 0.1) is 0 Å². The van der Waals surface area contributed by atoms with Crippen molar-refractivity contribution in [2.24, 2.45) is 5.41 Å². The van der Waals surface area contributed by atoms with E-state index >= 15 is 0 Å². The van der Waals surface area contributed by atoms with Crippen LogP contribution in [0.3, 0.4) is 0 Å². The Morgan fingerprint density at radius 1 is 1.09 bits per heavy atom. The van der Waals surface area contributed by atoms with E-state index in [4.69, 9.17) is 4.98 Å². The summed E-state index contributed by atoms with van der Waals surface area (Å²) < 4.78 is 0. The second-order valence-corrected chi connectivity index (χ2v) is 8.46. The lowest BCUT2D eigenvalue weighted by molar-refractivity contribution is 0.441. The van der Waals surface area contributed by atoms with Gasteiger partial charge in [0.1, 0.15) is 11.6 Å². The summed E-state index contributed by atoms with van der Waals surface area (Å²) in [5.41, 5.74) is 0.155. The summed E-state index contributed by atoms with van der Waals surface area (Å²) in [4.78, 5) is 11.7. The Labute approximate surface area is 140 Å². The third-order valence-electron chi connectivity index (χ3n) is 3.43. The molecule has 0 amide bonds. The van der Waals surface area contributed by atoms with E-state index in [1.807, 2.05) is 0 Å². The Hall–Kier alpha value is -1.56. The van der Waals surface area contributed by atoms with E-state index < -0.39 is 0 Å². The number of anilines is 3. The first kappa shape index (κ1) is 17.8. The fourth-order valence-electron chi connectivity index (χ4n) is 2.36. The molecule has 0 atom stereocenters. The summed E-state index contributed by atoms with van der Waals surface area (Å²) in [6.07, 6.45) is 0. The van der Waals surface area contributed by atoms with Crippen LogP contribution in [-0.4, -0.2) is 48.2 Å². The zero-order chi connectivity index (χ0) is 17.1. The summed E-state index contributed by atoms with van der Waals surface area (Å²) in [7, 11) is 0. The van der Waals surface area contributed by atoms with Crippen LogP contribution in [0.15, 0.2) is 6.07 Å². The SMILES string of the molecule is CC(C)(C)CNc1nc(NC(C)(C)C)cc(N2CCNCC2)n1. The van der Waals surface area contributed by atoms with Gasteiger partial charge in [0.25, 0.3) is 0 Å². The molecule has 0 spiro atoms. The Bertz CT molecular complexity index is 509. The van der Waals surface area contributed by atoms with Gasteiger partial charge in [-0.05, 0) is 26.2 Å². The van der Waals surface area contributed by atoms with E-state index in [0.717, 1.165) is 44.4 Å². The molecule has 1 aliphatic heterocycles. The molecule has 2 heterocycles. The molecule has 3 N–H and O–H groups in total. The summed E-state index contributed by atoms with van der Waals surface area (Å²) >= 11 is 0. The van der Waals surface area contributed by atoms with E-state index in [9.17, 15) is 0 Å². The first-order valence-corrected chi connectivity index (χ1v) is 8.49. The first-order chi connectivity index (χ1) is 10.6. The van der Waals surface area contributed by atoms with Crippen molar-refractivity contribution in [3.05, 3.63) is 6.07 Å². The molecule has 23 heavy (non-hydrogen) atoms. The van der Waals surface area contributed by atoms with Crippen LogP contribution >= 0.6 is 0 Å². The van der Waals surface area contributed by atoms with Gasteiger partial charge in [0.15, 0.2) is 0 Å². The lowest BCUT2D eigenvalue weighted by Gasteiger charge is -2.30. The molecule has 1 fully saturated rings. The summed E-state index contributed by atoms with van der Waals surface area (Å²) in [6.45, 7) is 17.8. The standard InChI is InChI=1S/C17H32N6/c1-16(2,3)12-19-15-20-13(22-17(4,5)6)11-14(21-15)23-9-7-18-8-10-23/h11,18H,7-10,12H2,1-6H3,(H2,19,20,21,22). The van der Waals surface area contributed by atoms with E-state index in [-0.39, 0.29) is 11.0 Å². The van der Waals surface area contributed by atoms with Gasteiger partial charge in [-0.15, -0.1) is 0 Å². The first-order valence-electron chi connectivity index (χ1n) is 8.49. The fraction of sp³-hybridized carbons (Fsp3) is 0.765. The van der Waals surface area contributed by atoms with E-state index in [0.29, 0.717) is 5.95 Å². The number of hydrogen-bond acceptors (Lipinski definition) is 6. The highest BCUT2D eigenvalue weighted by molar-refractivity contribution is 5.54. The molecule has 1 aliphatic rings. The topological polar surface area (TPSA) is 65.1 Å². The lowest BCUT2D eigenvalue weighted by atomic mass is 9.97. The smallest absolute Gasteiger partial charge is 0.226 e. The van der Waals surface area contributed by atoms with Gasteiger partial charge in [-0.25, -0.2) is 0 Å². The second kappa shape index (κ2) is 6.91. The zero-order valence-electron chi connectivity index (χ0n) is 15.5. The van der Waals surface area contributed by atoms with Crippen molar-refractivity contribution >= 4 is 17.6 Å². The highest BCUT2D eigenvalue weighted by Crippen LogP contribution is 2.22. The molecule has 2 rings (SSSR count). The van der Waals surface area contributed by atoms with Crippen LogP contribution in [0.2, 0.25) is 0 Å². The Kier molecular flexibility index (Phi) is 5.34. The minimum Gasteiger partial charge on any atom is -0.365 e. The molecular formula is C17H32N6. The zero-order valence-corrected chi connectivity index (χ0v) is 15.5. The van der Waals surface area contributed by atoms with Crippen molar-refractivity contribution in [1.82, 2.24) is 15.3 Å². The molecular weight excluding hydrogens is 288 g/mol. The van der Waals surface area contributed by atoms with Gasteiger partial charge < -0.3 is 20.9 Å². The summed E-state index contributed by atoms with van der Waals surface area (Å²) in [5, 5.41) is 10.2. The van der Waals surface area contributed by atoms with Gasteiger partial charge in [-0.2, -0.15) is 9.97 Å². The van der Waals surface area contributed by atoms with Crippen LogP contribution in [0, 0.1) is 5.41 Å². The predicted molar refractivity (Wildman–Crippen MR) is 98.4 cm³/mol. The maximum absolute atomic E-state index is 4.73. The Morgan fingerprint density at radius 2 is 1.74 bits per heavy atom. The number of aromatic nitrogens is 2. The summed E-state index contributed by atoms with van der Waals surface area (Å²) in [5.74, 6) is 2.56. The molecule has 130 valence electrons. The third kappa shape index (κ3) is 6.22. The monoisotopic (exact) mass is 320 g/mol. The molecule has 1 saturated heterocycles. The second-order valence-electron chi connectivity index (χ2n) is 8.46. The Balaban J connectivity index is 2.23. The minimum absolute atomic E-state index is 0.0314. The van der Waals surface area contributed by atoms with Crippen LogP contribution in [0.1, 0.15) is 41.5 Å². The maximum Gasteiger partial charge on any atom is 0.226 e. The highest BCUT2D eigenvalue weighted by Gasteiger charge is 2.18. The molecule has 1 aromatic rings. The summed E-state index contributed by atoms with van der Waals surface area (Å²) in [6, 6.07) is 2.05. The predicted octanol–water partition coefficient (Wildman–Crippen LogP) is 2.55. The van der Waals surface area contributed by atoms with Gasteiger partial charge in [0.2, 0.25) is 5.95 Å². The molecule has 6 nitrogen and oxygen atoms in total. The number of nitrogens with one attached hydrogen (secondary N) is 3. The number of piperazine rings is 1. The molecule has 0 aromatic carbocycles. The number of hydrogen-bond donors (Lipinski definition) is 3. The van der Waals surface area contributed by atoms with Gasteiger partial charge in [0, 0.05) is 44.3 Å². The molecule has 6 heteroatoms. The minimum atomic E-state index is -0.0314. The highest BCUT2D eigenvalue weighted by atomic mass is 15.3. The normalized spacial score (nSPS) is 16.3. The lowest BCUT2D eigenvalue weighted by Crippen LogP contribution is -2.44. The molecule has 0 saturated carbocycles. The van der Waals surface area contributed by atoms with Gasteiger partial charge >= 0.3 is 0 Å². The third-order valence-corrected chi connectivity index (χ3v) is 3.43. The molecule has 0 radical (unpaired) electrons.